The number of hydrogen-bond acceptors (Lipinski definition) is 10. The number of methoxy groups -OCH3 is 2. The van der Waals surface area contributed by atoms with E-state index in [2.05, 4.69) is 5.32 Å². The van der Waals surface area contributed by atoms with Gasteiger partial charge in [-0.2, -0.15) is 4.98 Å². The maximum atomic E-state index is 13.8. The van der Waals surface area contributed by atoms with Crippen molar-refractivity contribution in [1.29, 1.82) is 0 Å². The third-order valence-electron chi connectivity index (χ3n) is 8.61. The van der Waals surface area contributed by atoms with Crippen LogP contribution in [0.25, 0.3) is 10.9 Å². The molecule has 2 aromatic carbocycles. The molecule has 0 spiro atoms. The molecule has 1 unspecified atom stereocenters. The van der Waals surface area contributed by atoms with Gasteiger partial charge in [-0.25, -0.2) is 4.98 Å². The second-order valence-electron chi connectivity index (χ2n) is 11.8. The number of carbonyl (C=O) groups is 4. The van der Waals surface area contributed by atoms with Crippen LogP contribution in [0.15, 0.2) is 42.5 Å². The highest BCUT2D eigenvalue weighted by Gasteiger charge is 2.36. The molecule has 0 aliphatic carbocycles. The smallest absolute Gasteiger partial charge is 0.248 e. The van der Waals surface area contributed by atoms with E-state index in [9.17, 15) is 19.2 Å². The maximum Gasteiger partial charge on any atom is 0.248 e. The van der Waals surface area contributed by atoms with E-state index in [4.69, 9.17) is 19.4 Å². The van der Waals surface area contributed by atoms with E-state index in [-0.39, 0.29) is 22.8 Å². The maximum absolute atomic E-state index is 13.8. The fourth-order valence-corrected chi connectivity index (χ4v) is 6.62. The summed E-state index contributed by atoms with van der Waals surface area (Å²) in [6, 6.07) is 12.8. The van der Waals surface area contributed by atoms with Crippen LogP contribution in [0.4, 0.5) is 11.8 Å². The Bertz CT molecular complexity index is 1610. The average Bonchev–Trinajstić information content (AvgIpc) is 3.59. The number of amides is 3. The summed E-state index contributed by atoms with van der Waals surface area (Å²) >= 11 is 1.11. The quantitative estimate of drug-likeness (QED) is 0.323. The lowest BCUT2D eigenvalue weighted by Crippen LogP contribution is -2.49. The minimum Gasteiger partial charge on any atom is -0.493 e. The molecule has 47 heavy (non-hydrogen) atoms. The molecule has 2 aliphatic rings. The number of anilines is 2. The number of thioether (sulfide) groups is 1. The molecule has 2 fully saturated rings. The highest BCUT2D eigenvalue weighted by atomic mass is 32.2. The van der Waals surface area contributed by atoms with Crippen molar-refractivity contribution in [3.05, 3.63) is 48.0 Å². The van der Waals surface area contributed by atoms with Gasteiger partial charge >= 0.3 is 0 Å². The first-order valence-corrected chi connectivity index (χ1v) is 16.9. The number of benzene rings is 2. The zero-order valence-electron chi connectivity index (χ0n) is 27.4. The fraction of sp³-hybridized carbons (Fsp3) is 0.471. The van der Waals surface area contributed by atoms with Crippen LogP contribution < -0.4 is 19.7 Å². The molecule has 5 rings (SSSR count). The van der Waals surface area contributed by atoms with E-state index < -0.39 is 12.0 Å². The number of hydrogen-bond donors (Lipinski definition) is 1. The zero-order chi connectivity index (χ0) is 33.5. The van der Waals surface area contributed by atoms with Crippen molar-refractivity contribution in [2.75, 3.05) is 62.9 Å². The Morgan fingerprint density at radius 2 is 1.68 bits per heavy atom. The van der Waals surface area contributed by atoms with Gasteiger partial charge in [0.05, 0.1) is 19.7 Å². The molecular formula is C34H42N6O6S. The number of rotatable bonds is 11. The van der Waals surface area contributed by atoms with Gasteiger partial charge in [0.15, 0.2) is 16.6 Å². The monoisotopic (exact) mass is 662 g/mol. The van der Waals surface area contributed by atoms with Gasteiger partial charge in [0.1, 0.15) is 11.9 Å². The molecule has 0 radical (unpaired) electrons. The molecule has 3 aromatic rings. The molecule has 1 N–H and O–H groups in total. The van der Waals surface area contributed by atoms with Gasteiger partial charge in [-0.3, -0.25) is 19.2 Å². The van der Waals surface area contributed by atoms with Gasteiger partial charge in [-0.1, -0.05) is 49.0 Å². The van der Waals surface area contributed by atoms with Gasteiger partial charge in [-0.15, -0.1) is 0 Å². The largest absolute Gasteiger partial charge is 0.493 e. The number of carbonyl (C=O) groups excluding carboxylic acids is 4. The standard InChI is InChI=1S/C34H42N6O6S/c1-22(21-47-23(2)41)33(44)40-14-8-11-27(40)32(43)36-31-25-19-28(45-3)29(46-4)20-26(25)35-34(37-31)39-17-15-38(16-18-39)30(42)13-12-24-9-6-5-7-10-24/h5-7,9-10,19-20,22,27H,8,11-18,21H2,1-4H3,(H,35,36,37,43)/t22?,27-/m0/s1. The molecule has 3 amide bonds. The Morgan fingerprint density at radius 3 is 2.36 bits per heavy atom. The van der Waals surface area contributed by atoms with Crippen LogP contribution in [-0.4, -0.2) is 101 Å². The molecule has 1 aromatic heterocycles. The van der Waals surface area contributed by atoms with Gasteiger partial charge < -0.3 is 29.5 Å². The number of ether oxygens (including phenoxy) is 2. The van der Waals surface area contributed by atoms with Crippen molar-refractivity contribution in [3.63, 3.8) is 0 Å². The van der Waals surface area contributed by atoms with Crippen LogP contribution in [0.3, 0.4) is 0 Å². The molecule has 2 aliphatic heterocycles. The minimum absolute atomic E-state index is 0.0464. The normalized spacial score (nSPS) is 17.0. The molecular weight excluding hydrogens is 620 g/mol. The SMILES string of the molecule is COc1cc2nc(N3CCN(C(=O)CCc4ccccc4)CC3)nc(NC(=O)[C@@H]3CCCN3C(=O)C(C)CSC(C)=O)c2cc1OC. The predicted octanol–water partition coefficient (Wildman–Crippen LogP) is 3.77. The van der Waals surface area contributed by atoms with Crippen molar-refractivity contribution in [2.45, 2.75) is 45.6 Å². The Kier molecular flexibility index (Phi) is 11.2. The van der Waals surface area contributed by atoms with Gasteiger partial charge in [0.2, 0.25) is 23.7 Å². The molecule has 2 atom stereocenters. The molecule has 12 nitrogen and oxygen atoms in total. The summed E-state index contributed by atoms with van der Waals surface area (Å²) in [5, 5.41) is 3.52. The van der Waals surface area contributed by atoms with Gasteiger partial charge in [0, 0.05) is 69.2 Å². The van der Waals surface area contributed by atoms with Gasteiger partial charge in [0.25, 0.3) is 0 Å². The second kappa shape index (κ2) is 15.5. The summed E-state index contributed by atoms with van der Waals surface area (Å²) in [5.41, 5.74) is 1.69. The fourth-order valence-electron chi connectivity index (χ4n) is 5.99. The van der Waals surface area contributed by atoms with Crippen LogP contribution in [0.1, 0.15) is 38.7 Å². The van der Waals surface area contributed by atoms with Crippen molar-refractivity contribution >= 4 is 57.3 Å². The number of nitrogens with zero attached hydrogens (tertiary/aromatic N) is 5. The molecule has 250 valence electrons. The molecule has 13 heteroatoms. The summed E-state index contributed by atoms with van der Waals surface area (Å²) in [7, 11) is 3.08. The summed E-state index contributed by atoms with van der Waals surface area (Å²) < 4.78 is 11.1. The average molecular weight is 663 g/mol. The number of likely N-dealkylation sites (tertiary alicyclic amines) is 1. The van der Waals surface area contributed by atoms with E-state index >= 15 is 0 Å². The van der Waals surface area contributed by atoms with Crippen molar-refractivity contribution in [1.82, 2.24) is 19.8 Å². The number of piperazine rings is 1. The summed E-state index contributed by atoms with van der Waals surface area (Å²) in [5.74, 6) is 1.27. The van der Waals surface area contributed by atoms with E-state index in [1.807, 2.05) is 40.1 Å². The van der Waals surface area contributed by atoms with Crippen LogP contribution in [-0.2, 0) is 25.6 Å². The predicted molar refractivity (Wildman–Crippen MR) is 182 cm³/mol. The Morgan fingerprint density at radius 1 is 0.979 bits per heavy atom. The summed E-state index contributed by atoms with van der Waals surface area (Å²) in [6.07, 6.45) is 2.37. The topological polar surface area (TPSA) is 134 Å². The molecule has 0 bridgehead atoms. The first-order chi connectivity index (χ1) is 22.7. The number of nitrogens with one attached hydrogen (secondary N) is 1. The summed E-state index contributed by atoms with van der Waals surface area (Å²) in [6.45, 7) is 5.86. The van der Waals surface area contributed by atoms with E-state index in [1.54, 1.807) is 31.1 Å². The molecule has 3 heterocycles. The Labute approximate surface area is 279 Å². The number of aromatic nitrogens is 2. The lowest BCUT2D eigenvalue weighted by molar-refractivity contribution is -0.139. The zero-order valence-corrected chi connectivity index (χ0v) is 28.2. The van der Waals surface area contributed by atoms with E-state index in [0.717, 1.165) is 17.3 Å². The number of aryl methyl sites for hydroxylation is 1. The minimum atomic E-state index is -0.661. The molecule has 2 saturated heterocycles. The van der Waals surface area contributed by atoms with Crippen molar-refractivity contribution in [3.8, 4) is 11.5 Å². The van der Waals surface area contributed by atoms with Crippen molar-refractivity contribution < 1.29 is 28.7 Å². The Hall–Kier alpha value is -4.39. The lowest BCUT2D eigenvalue weighted by Gasteiger charge is -2.35. The van der Waals surface area contributed by atoms with E-state index in [0.29, 0.717) is 98.3 Å². The van der Waals surface area contributed by atoms with Crippen molar-refractivity contribution in [2.24, 2.45) is 5.92 Å². The van der Waals surface area contributed by atoms with Crippen LogP contribution >= 0.6 is 11.8 Å². The van der Waals surface area contributed by atoms with Gasteiger partial charge in [-0.05, 0) is 30.9 Å². The first kappa shape index (κ1) is 34.0. The summed E-state index contributed by atoms with van der Waals surface area (Å²) in [4.78, 5) is 66.6. The third-order valence-corrected chi connectivity index (χ3v) is 9.69. The highest BCUT2D eigenvalue weighted by Crippen LogP contribution is 2.35. The second-order valence-corrected chi connectivity index (χ2v) is 13.0. The highest BCUT2D eigenvalue weighted by molar-refractivity contribution is 8.13. The Balaban J connectivity index is 1.34. The van der Waals surface area contributed by atoms with Crippen LogP contribution in [0, 0.1) is 5.92 Å². The molecule has 0 saturated carbocycles. The van der Waals surface area contributed by atoms with Crippen LogP contribution in [0.2, 0.25) is 0 Å². The first-order valence-electron chi connectivity index (χ1n) is 15.9. The lowest BCUT2D eigenvalue weighted by atomic mass is 10.1. The van der Waals surface area contributed by atoms with E-state index in [1.165, 1.54) is 14.0 Å². The third kappa shape index (κ3) is 8.13. The number of fused-ring (bicyclic) bond motifs is 1. The van der Waals surface area contributed by atoms with Crippen LogP contribution in [0.5, 0.6) is 11.5 Å².